The second-order valence-electron chi connectivity index (χ2n) is 4.57. The second-order valence-corrected chi connectivity index (χ2v) is 5.48. The average Bonchev–Trinajstić information content (AvgIpc) is 2.85. The number of aliphatic carboxylic acids is 1. The van der Waals surface area contributed by atoms with Crippen molar-refractivity contribution in [2.24, 2.45) is 5.92 Å². The highest BCUT2D eigenvalue weighted by Crippen LogP contribution is 2.17. The largest absolute Gasteiger partial charge is 0.481 e. The van der Waals surface area contributed by atoms with E-state index in [4.69, 9.17) is 0 Å². The van der Waals surface area contributed by atoms with Crippen LogP contribution in [0.2, 0.25) is 0 Å². The van der Waals surface area contributed by atoms with E-state index in [0.29, 0.717) is 19.4 Å². The van der Waals surface area contributed by atoms with Gasteiger partial charge in [0.15, 0.2) is 0 Å². The van der Waals surface area contributed by atoms with E-state index < -0.39 is 11.9 Å². The van der Waals surface area contributed by atoms with Gasteiger partial charge in [0.25, 0.3) is 0 Å². The number of aromatic nitrogens is 3. The molecule has 0 saturated carbocycles. The van der Waals surface area contributed by atoms with E-state index in [-0.39, 0.29) is 0 Å². The highest BCUT2D eigenvalue weighted by molar-refractivity contribution is 9.10. The van der Waals surface area contributed by atoms with E-state index in [9.17, 15) is 9.90 Å². The van der Waals surface area contributed by atoms with E-state index in [1.54, 1.807) is 4.68 Å². The van der Waals surface area contributed by atoms with E-state index >= 15 is 0 Å². The van der Waals surface area contributed by atoms with E-state index in [2.05, 4.69) is 26.0 Å². The molecule has 1 N–H and O–H groups in total. The molecule has 6 heteroatoms. The lowest BCUT2D eigenvalue weighted by atomic mass is 9.96. The van der Waals surface area contributed by atoms with Gasteiger partial charge in [-0.05, 0) is 31.0 Å². The van der Waals surface area contributed by atoms with Crippen LogP contribution in [0.4, 0.5) is 0 Å². The molecular weight excluding hydrogens is 322 g/mol. The summed E-state index contributed by atoms with van der Waals surface area (Å²) in [5, 5.41) is 13.5. The zero-order valence-corrected chi connectivity index (χ0v) is 12.7. The maximum Gasteiger partial charge on any atom is 0.307 e. The normalized spacial score (nSPS) is 12.3. The highest BCUT2D eigenvalue weighted by atomic mass is 79.9. The van der Waals surface area contributed by atoms with Crippen LogP contribution in [0.15, 0.2) is 35.1 Å². The summed E-state index contributed by atoms with van der Waals surface area (Å²) < 4.78 is 2.69. The van der Waals surface area contributed by atoms with Gasteiger partial charge in [0.05, 0.1) is 5.92 Å². The molecular formula is C14H16BrN3O2. The number of halogens is 1. The first-order valence-corrected chi connectivity index (χ1v) is 7.23. The summed E-state index contributed by atoms with van der Waals surface area (Å²) in [6.45, 7) is 2.65. The van der Waals surface area contributed by atoms with Crippen LogP contribution in [0, 0.1) is 5.92 Å². The van der Waals surface area contributed by atoms with Crippen LogP contribution in [0.1, 0.15) is 18.3 Å². The molecule has 1 aromatic heterocycles. The zero-order valence-electron chi connectivity index (χ0n) is 11.2. The van der Waals surface area contributed by atoms with E-state index in [1.807, 2.05) is 31.2 Å². The fraction of sp³-hybridized carbons (Fsp3) is 0.357. The zero-order chi connectivity index (χ0) is 14.5. The maximum atomic E-state index is 11.4. The van der Waals surface area contributed by atoms with Gasteiger partial charge in [0, 0.05) is 17.4 Å². The Kier molecular flexibility index (Phi) is 4.89. The van der Waals surface area contributed by atoms with Crippen molar-refractivity contribution >= 4 is 21.9 Å². The minimum Gasteiger partial charge on any atom is -0.481 e. The van der Waals surface area contributed by atoms with Crippen LogP contribution >= 0.6 is 15.9 Å². The summed E-state index contributed by atoms with van der Waals surface area (Å²) in [6.07, 6.45) is 2.33. The Labute approximate surface area is 125 Å². The van der Waals surface area contributed by atoms with Gasteiger partial charge in [0.2, 0.25) is 0 Å². The number of carboxylic acid groups (broad SMARTS) is 1. The van der Waals surface area contributed by atoms with Gasteiger partial charge in [-0.25, -0.2) is 4.98 Å². The molecule has 0 amide bonds. The molecule has 0 aliphatic carbocycles. The molecule has 1 atom stereocenters. The predicted octanol–water partition coefficient (Wildman–Crippen LogP) is 2.55. The summed E-state index contributed by atoms with van der Waals surface area (Å²) >= 11 is 3.40. The topological polar surface area (TPSA) is 68.0 Å². The monoisotopic (exact) mass is 337 g/mol. The molecule has 0 bridgehead atoms. The molecule has 20 heavy (non-hydrogen) atoms. The van der Waals surface area contributed by atoms with Gasteiger partial charge >= 0.3 is 5.97 Å². The molecule has 106 valence electrons. The lowest BCUT2D eigenvalue weighted by Crippen LogP contribution is -2.21. The Morgan fingerprint density at radius 2 is 2.25 bits per heavy atom. The molecule has 2 rings (SSSR count). The first-order chi connectivity index (χ1) is 9.60. The number of hydrogen-bond donors (Lipinski definition) is 1. The fourth-order valence-corrected chi connectivity index (χ4v) is 2.57. The van der Waals surface area contributed by atoms with E-state index in [1.165, 1.54) is 6.33 Å². The standard InChI is InChI=1S/C14H16BrN3O2/c1-2-18-13(16-9-17-18)8-11(14(19)20)6-10-4-3-5-12(15)7-10/h3-5,7,9,11H,2,6,8H2,1H3,(H,19,20). The Morgan fingerprint density at radius 1 is 1.45 bits per heavy atom. The van der Waals surface area contributed by atoms with Gasteiger partial charge in [-0.3, -0.25) is 9.48 Å². The van der Waals surface area contributed by atoms with Crippen LogP contribution in [-0.2, 0) is 24.2 Å². The number of benzene rings is 1. The Hall–Kier alpha value is -1.69. The summed E-state index contributed by atoms with van der Waals surface area (Å²) in [6, 6.07) is 7.71. The molecule has 1 aromatic carbocycles. The van der Waals surface area contributed by atoms with Crippen LogP contribution in [0.5, 0.6) is 0 Å². The summed E-state index contributed by atoms with van der Waals surface area (Å²) in [7, 11) is 0. The Bertz CT molecular complexity index is 598. The van der Waals surface area contributed by atoms with Crippen molar-refractivity contribution in [2.75, 3.05) is 0 Å². The lowest BCUT2D eigenvalue weighted by Gasteiger charge is -2.12. The summed E-state index contributed by atoms with van der Waals surface area (Å²) in [5.41, 5.74) is 0.995. The number of aryl methyl sites for hydroxylation is 1. The lowest BCUT2D eigenvalue weighted by molar-refractivity contribution is -0.141. The molecule has 0 radical (unpaired) electrons. The molecule has 5 nitrogen and oxygen atoms in total. The molecule has 0 spiro atoms. The van der Waals surface area contributed by atoms with Crippen molar-refractivity contribution in [3.05, 3.63) is 46.5 Å². The highest BCUT2D eigenvalue weighted by Gasteiger charge is 2.21. The third kappa shape index (κ3) is 3.66. The molecule has 0 fully saturated rings. The third-order valence-electron chi connectivity index (χ3n) is 3.14. The molecule has 1 unspecified atom stereocenters. The van der Waals surface area contributed by atoms with Gasteiger partial charge in [-0.2, -0.15) is 5.10 Å². The minimum atomic E-state index is -0.810. The van der Waals surface area contributed by atoms with Crippen LogP contribution in [0.25, 0.3) is 0 Å². The van der Waals surface area contributed by atoms with Crippen molar-refractivity contribution < 1.29 is 9.90 Å². The molecule has 0 aliphatic rings. The van der Waals surface area contributed by atoms with Crippen molar-refractivity contribution in [1.29, 1.82) is 0 Å². The number of nitrogens with zero attached hydrogens (tertiary/aromatic N) is 3. The summed E-state index contributed by atoms with van der Waals surface area (Å²) in [4.78, 5) is 15.6. The minimum absolute atomic E-state index is 0.385. The number of carbonyl (C=O) groups is 1. The van der Waals surface area contributed by atoms with Gasteiger partial charge in [-0.15, -0.1) is 0 Å². The Balaban J connectivity index is 2.14. The Morgan fingerprint density at radius 3 is 2.90 bits per heavy atom. The third-order valence-corrected chi connectivity index (χ3v) is 3.64. The van der Waals surface area contributed by atoms with Crippen molar-refractivity contribution in [3.63, 3.8) is 0 Å². The van der Waals surface area contributed by atoms with Crippen molar-refractivity contribution in [2.45, 2.75) is 26.3 Å². The molecule has 1 heterocycles. The van der Waals surface area contributed by atoms with E-state index in [0.717, 1.165) is 15.9 Å². The van der Waals surface area contributed by atoms with Crippen LogP contribution < -0.4 is 0 Å². The van der Waals surface area contributed by atoms with Gasteiger partial charge in [0.1, 0.15) is 12.2 Å². The maximum absolute atomic E-state index is 11.4. The fourth-order valence-electron chi connectivity index (χ4n) is 2.13. The second kappa shape index (κ2) is 6.65. The SMILES string of the molecule is CCn1ncnc1CC(Cc1cccc(Br)c1)C(=O)O. The first-order valence-electron chi connectivity index (χ1n) is 6.44. The summed E-state index contributed by atoms with van der Waals surface area (Å²) in [5.74, 6) is -0.593. The van der Waals surface area contributed by atoms with Gasteiger partial charge < -0.3 is 5.11 Å². The van der Waals surface area contributed by atoms with Crippen molar-refractivity contribution in [1.82, 2.24) is 14.8 Å². The van der Waals surface area contributed by atoms with Gasteiger partial charge in [-0.1, -0.05) is 28.1 Å². The first kappa shape index (κ1) is 14.7. The number of rotatable bonds is 6. The smallest absolute Gasteiger partial charge is 0.307 e. The molecule has 2 aromatic rings. The molecule has 0 saturated heterocycles. The molecule has 0 aliphatic heterocycles. The number of carboxylic acids is 1. The van der Waals surface area contributed by atoms with Crippen LogP contribution in [-0.4, -0.2) is 25.8 Å². The number of hydrogen-bond acceptors (Lipinski definition) is 3. The quantitative estimate of drug-likeness (QED) is 0.879. The predicted molar refractivity (Wildman–Crippen MR) is 78.4 cm³/mol. The van der Waals surface area contributed by atoms with Crippen LogP contribution in [0.3, 0.4) is 0 Å². The average molecular weight is 338 g/mol. The van der Waals surface area contributed by atoms with Crippen molar-refractivity contribution in [3.8, 4) is 0 Å².